The van der Waals surface area contributed by atoms with Crippen molar-refractivity contribution in [1.29, 1.82) is 0 Å². The lowest BCUT2D eigenvalue weighted by Crippen LogP contribution is -2.47. The van der Waals surface area contributed by atoms with Gasteiger partial charge in [-0.1, -0.05) is 23.7 Å². The molecule has 1 aromatic carbocycles. The quantitative estimate of drug-likeness (QED) is 0.804. The Morgan fingerprint density at radius 2 is 2.18 bits per heavy atom. The number of benzene rings is 1. The number of piperidine rings is 1. The summed E-state index contributed by atoms with van der Waals surface area (Å²) in [7, 11) is 0. The molecule has 0 bridgehead atoms. The van der Waals surface area contributed by atoms with Crippen LogP contribution in [-0.2, 0) is 12.0 Å². The molecule has 4 rings (SSSR count). The predicted octanol–water partition coefficient (Wildman–Crippen LogP) is 4.56. The highest BCUT2D eigenvalue weighted by atomic mass is 35.5. The number of nitrogens with zero attached hydrogens (tertiary/aromatic N) is 2. The first-order valence-corrected chi connectivity index (χ1v) is 10.6. The zero-order valence-electron chi connectivity index (χ0n) is 16.4. The molecule has 5 heteroatoms. The Morgan fingerprint density at radius 1 is 1.32 bits per heavy atom. The van der Waals surface area contributed by atoms with Gasteiger partial charge in [-0.3, -0.25) is 14.7 Å². The SMILES string of the molecule is C[C@@]1(c2cccc(Cl)c2)CC[C@H]2CC(CCc3ncccc3C(N)=O)CCN21. The van der Waals surface area contributed by atoms with E-state index in [1.165, 1.54) is 31.2 Å². The number of halogens is 1. The van der Waals surface area contributed by atoms with E-state index in [-0.39, 0.29) is 11.4 Å². The molecule has 3 atom stereocenters. The molecule has 1 amide bonds. The first kappa shape index (κ1) is 19.4. The van der Waals surface area contributed by atoms with Gasteiger partial charge in [-0.05, 0) is 87.7 Å². The molecule has 3 heterocycles. The molecule has 1 aromatic heterocycles. The molecule has 0 aliphatic carbocycles. The summed E-state index contributed by atoms with van der Waals surface area (Å²) in [6, 6.07) is 12.5. The molecule has 148 valence electrons. The van der Waals surface area contributed by atoms with Crippen LogP contribution in [0.2, 0.25) is 5.02 Å². The Labute approximate surface area is 172 Å². The third kappa shape index (κ3) is 3.68. The van der Waals surface area contributed by atoms with Crippen molar-refractivity contribution in [3.05, 3.63) is 64.4 Å². The number of fused-ring (bicyclic) bond motifs is 1. The Balaban J connectivity index is 1.41. The molecule has 2 fully saturated rings. The summed E-state index contributed by atoms with van der Waals surface area (Å²) in [5.74, 6) is 0.289. The molecule has 2 saturated heterocycles. The summed E-state index contributed by atoms with van der Waals surface area (Å²) in [6.45, 7) is 3.48. The fraction of sp³-hybridized carbons (Fsp3) is 0.478. The highest BCUT2D eigenvalue weighted by molar-refractivity contribution is 6.30. The van der Waals surface area contributed by atoms with E-state index in [2.05, 4.69) is 35.0 Å². The van der Waals surface area contributed by atoms with Crippen molar-refractivity contribution in [1.82, 2.24) is 9.88 Å². The molecule has 2 aliphatic heterocycles. The fourth-order valence-corrected chi connectivity index (χ4v) is 5.44. The van der Waals surface area contributed by atoms with Crippen molar-refractivity contribution in [2.45, 2.75) is 57.0 Å². The van der Waals surface area contributed by atoms with Crippen molar-refractivity contribution in [3.63, 3.8) is 0 Å². The summed E-state index contributed by atoms with van der Waals surface area (Å²) in [5.41, 5.74) is 8.32. The number of hydrogen-bond donors (Lipinski definition) is 1. The monoisotopic (exact) mass is 397 g/mol. The third-order valence-corrected chi connectivity index (χ3v) is 7.05. The van der Waals surface area contributed by atoms with E-state index in [0.717, 1.165) is 30.1 Å². The second kappa shape index (κ2) is 7.84. The Kier molecular flexibility index (Phi) is 5.44. The van der Waals surface area contributed by atoms with Crippen LogP contribution in [0.15, 0.2) is 42.6 Å². The van der Waals surface area contributed by atoms with Crippen molar-refractivity contribution < 1.29 is 4.79 Å². The number of amides is 1. The minimum Gasteiger partial charge on any atom is -0.366 e. The molecule has 0 radical (unpaired) electrons. The van der Waals surface area contributed by atoms with E-state index in [4.69, 9.17) is 17.3 Å². The highest BCUT2D eigenvalue weighted by Crippen LogP contribution is 2.47. The summed E-state index contributed by atoms with van der Waals surface area (Å²) in [4.78, 5) is 18.7. The summed E-state index contributed by atoms with van der Waals surface area (Å²) in [5, 5.41) is 0.817. The van der Waals surface area contributed by atoms with E-state index < -0.39 is 0 Å². The van der Waals surface area contributed by atoms with Crippen LogP contribution in [0.4, 0.5) is 0 Å². The minimum atomic E-state index is -0.383. The maximum Gasteiger partial charge on any atom is 0.250 e. The van der Waals surface area contributed by atoms with Gasteiger partial charge in [0.25, 0.3) is 5.91 Å². The highest BCUT2D eigenvalue weighted by Gasteiger charge is 2.46. The van der Waals surface area contributed by atoms with Gasteiger partial charge in [-0.15, -0.1) is 0 Å². The van der Waals surface area contributed by atoms with Crippen LogP contribution >= 0.6 is 11.6 Å². The summed E-state index contributed by atoms with van der Waals surface area (Å²) < 4.78 is 0. The average Bonchev–Trinajstić information content (AvgIpc) is 3.04. The Bertz CT molecular complexity index is 870. The Morgan fingerprint density at radius 3 is 2.96 bits per heavy atom. The van der Waals surface area contributed by atoms with Gasteiger partial charge in [0.05, 0.1) is 11.3 Å². The molecular weight excluding hydrogens is 370 g/mol. The molecule has 2 N–H and O–H groups in total. The van der Waals surface area contributed by atoms with Gasteiger partial charge >= 0.3 is 0 Å². The summed E-state index contributed by atoms with van der Waals surface area (Å²) >= 11 is 6.26. The number of aromatic nitrogens is 1. The number of hydrogen-bond acceptors (Lipinski definition) is 3. The largest absolute Gasteiger partial charge is 0.366 e. The molecular formula is C23H28ClN3O. The van der Waals surface area contributed by atoms with Crippen molar-refractivity contribution in [3.8, 4) is 0 Å². The smallest absolute Gasteiger partial charge is 0.250 e. The Hall–Kier alpha value is -1.91. The van der Waals surface area contributed by atoms with Crippen LogP contribution in [0, 0.1) is 5.92 Å². The van der Waals surface area contributed by atoms with E-state index in [1.807, 2.05) is 6.07 Å². The molecule has 4 nitrogen and oxygen atoms in total. The van der Waals surface area contributed by atoms with E-state index in [9.17, 15) is 4.79 Å². The number of carbonyl (C=O) groups excluding carboxylic acids is 1. The van der Waals surface area contributed by atoms with Crippen LogP contribution < -0.4 is 5.73 Å². The van der Waals surface area contributed by atoms with Crippen LogP contribution in [0.1, 0.15) is 60.6 Å². The molecule has 2 aliphatic rings. The number of aryl methyl sites for hydroxylation is 1. The number of nitrogens with two attached hydrogens (primary N) is 1. The van der Waals surface area contributed by atoms with E-state index >= 15 is 0 Å². The zero-order valence-corrected chi connectivity index (χ0v) is 17.2. The van der Waals surface area contributed by atoms with Gasteiger partial charge in [0.2, 0.25) is 0 Å². The summed E-state index contributed by atoms with van der Waals surface area (Å²) in [6.07, 6.45) is 8.45. The van der Waals surface area contributed by atoms with Gasteiger partial charge in [0, 0.05) is 22.8 Å². The normalized spacial score (nSPS) is 27.5. The lowest BCUT2D eigenvalue weighted by atomic mass is 9.85. The van der Waals surface area contributed by atoms with Crippen molar-refractivity contribution in [2.75, 3.05) is 6.54 Å². The van der Waals surface area contributed by atoms with Crippen LogP contribution in [-0.4, -0.2) is 28.4 Å². The number of pyridine rings is 1. The second-order valence-electron chi connectivity index (χ2n) is 8.46. The first-order chi connectivity index (χ1) is 13.5. The molecule has 28 heavy (non-hydrogen) atoms. The van der Waals surface area contributed by atoms with E-state index in [0.29, 0.717) is 17.5 Å². The van der Waals surface area contributed by atoms with Gasteiger partial charge in [0.1, 0.15) is 0 Å². The van der Waals surface area contributed by atoms with Gasteiger partial charge in [-0.25, -0.2) is 0 Å². The van der Waals surface area contributed by atoms with Crippen molar-refractivity contribution in [2.24, 2.45) is 11.7 Å². The third-order valence-electron chi connectivity index (χ3n) is 6.81. The standard InChI is InChI=1S/C23H28ClN3O/c1-23(17-4-2-5-18(24)15-17)11-9-19-14-16(10-13-27(19)23)7-8-21-20(22(25)28)6-3-12-26-21/h2-6,12,15-16,19H,7-11,13-14H2,1H3,(H2,25,28)/t16?,19-,23-/m0/s1. The van der Waals surface area contributed by atoms with Gasteiger partial charge in [-0.2, -0.15) is 0 Å². The number of primary amides is 1. The van der Waals surface area contributed by atoms with E-state index in [1.54, 1.807) is 18.3 Å². The van der Waals surface area contributed by atoms with Crippen LogP contribution in [0.25, 0.3) is 0 Å². The minimum absolute atomic E-state index is 0.0840. The second-order valence-corrected chi connectivity index (χ2v) is 8.90. The first-order valence-electron chi connectivity index (χ1n) is 10.2. The zero-order chi connectivity index (χ0) is 19.7. The van der Waals surface area contributed by atoms with Crippen LogP contribution in [0.5, 0.6) is 0 Å². The van der Waals surface area contributed by atoms with Gasteiger partial charge in [0.15, 0.2) is 0 Å². The maximum absolute atomic E-state index is 11.6. The maximum atomic E-state index is 11.6. The van der Waals surface area contributed by atoms with Crippen molar-refractivity contribution >= 4 is 17.5 Å². The van der Waals surface area contributed by atoms with Crippen LogP contribution in [0.3, 0.4) is 0 Å². The predicted molar refractivity (Wildman–Crippen MR) is 112 cm³/mol. The topological polar surface area (TPSA) is 59.2 Å². The fourth-order valence-electron chi connectivity index (χ4n) is 5.25. The average molecular weight is 398 g/mol. The molecule has 2 aromatic rings. The number of carbonyl (C=O) groups is 1. The molecule has 0 spiro atoms. The lowest BCUT2D eigenvalue weighted by molar-refractivity contribution is 0.0577. The molecule has 0 saturated carbocycles. The number of rotatable bonds is 5. The molecule has 1 unspecified atom stereocenters. The van der Waals surface area contributed by atoms with Gasteiger partial charge < -0.3 is 5.73 Å². The lowest BCUT2D eigenvalue weighted by Gasteiger charge is -2.44.